The number of nitrogens with zero attached hydrogens (tertiary/aromatic N) is 2. The number of anilines is 1. The van der Waals surface area contributed by atoms with Crippen LogP contribution in [0, 0.1) is 5.82 Å². The summed E-state index contributed by atoms with van der Waals surface area (Å²) in [5, 5.41) is 4.62. The van der Waals surface area contributed by atoms with Crippen LogP contribution in [0.4, 0.5) is 14.9 Å². The first kappa shape index (κ1) is 29.3. The molecule has 0 saturated heterocycles. The van der Waals surface area contributed by atoms with Gasteiger partial charge in [0.15, 0.2) is 11.5 Å². The van der Waals surface area contributed by atoms with Crippen LogP contribution in [-0.4, -0.2) is 55.6 Å². The monoisotopic (exact) mass is 561 g/mol. The average molecular weight is 562 g/mol. The summed E-state index contributed by atoms with van der Waals surface area (Å²) in [6.45, 7) is 3.25. The maximum Gasteiger partial charge on any atom is 0.322 e. The van der Waals surface area contributed by atoms with Gasteiger partial charge >= 0.3 is 6.03 Å². The van der Waals surface area contributed by atoms with E-state index in [1.807, 2.05) is 42.6 Å². The lowest BCUT2D eigenvalue weighted by atomic mass is 10.1. The lowest BCUT2D eigenvalue weighted by Crippen LogP contribution is -2.45. The van der Waals surface area contributed by atoms with Gasteiger partial charge in [-0.05, 0) is 60.2 Å². The number of hydrogen-bond acceptors (Lipinski definition) is 5. The molecule has 3 aromatic rings. The number of carbonyl (C=O) groups is 2. The highest BCUT2D eigenvalue weighted by atomic mass is 35.5. The Balaban J connectivity index is 1.74. The lowest BCUT2D eigenvalue weighted by Gasteiger charge is -2.28. The van der Waals surface area contributed by atoms with Crippen LogP contribution in [-0.2, 0) is 17.8 Å². The lowest BCUT2D eigenvalue weighted by molar-refractivity contribution is -0.132. The number of methoxy groups -OCH3 is 2. The van der Waals surface area contributed by atoms with Crippen molar-refractivity contribution in [2.24, 2.45) is 0 Å². The molecule has 204 valence electrons. The molecular weight excluding hydrogens is 529 g/mol. The number of benzene rings is 2. The minimum Gasteiger partial charge on any atom is -0.493 e. The maximum atomic E-state index is 13.5. The first-order chi connectivity index (χ1) is 18.3. The topological polar surface area (TPSA) is 71.1 Å². The van der Waals surface area contributed by atoms with Gasteiger partial charge in [-0.15, -0.1) is 11.3 Å². The number of rotatable bonds is 13. The Morgan fingerprint density at radius 2 is 1.82 bits per heavy atom. The number of nitrogens with one attached hydrogen (secondary N) is 1. The van der Waals surface area contributed by atoms with E-state index in [9.17, 15) is 14.0 Å². The largest absolute Gasteiger partial charge is 0.493 e. The number of urea groups is 1. The molecule has 10 heteroatoms. The minimum absolute atomic E-state index is 0.0852. The predicted molar refractivity (Wildman–Crippen MR) is 150 cm³/mol. The van der Waals surface area contributed by atoms with Crippen LogP contribution in [0.15, 0.2) is 53.9 Å². The van der Waals surface area contributed by atoms with Crippen molar-refractivity contribution < 1.29 is 23.5 Å². The summed E-state index contributed by atoms with van der Waals surface area (Å²) in [4.78, 5) is 30.9. The van der Waals surface area contributed by atoms with E-state index in [2.05, 4.69) is 5.32 Å². The third kappa shape index (κ3) is 8.36. The molecule has 0 fully saturated rings. The third-order valence-corrected chi connectivity index (χ3v) is 7.11. The predicted octanol–water partition coefficient (Wildman–Crippen LogP) is 6.46. The number of halogens is 2. The van der Waals surface area contributed by atoms with Gasteiger partial charge in [-0.1, -0.05) is 37.1 Å². The number of amides is 3. The Bertz CT molecular complexity index is 1210. The quantitative estimate of drug-likeness (QED) is 0.260. The van der Waals surface area contributed by atoms with Crippen LogP contribution < -0.4 is 14.8 Å². The van der Waals surface area contributed by atoms with Gasteiger partial charge in [0.1, 0.15) is 12.4 Å². The summed E-state index contributed by atoms with van der Waals surface area (Å²) in [5.41, 5.74) is 1.36. The Hall–Kier alpha value is -3.30. The van der Waals surface area contributed by atoms with Crippen LogP contribution in [0.25, 0.3) is 0 Å². The summed E-state index contributed by atoms with van der Waals surface area (Å²) < 4.78 is 24.3. The molecule has 1 N–H and O–H groups in total. The van der Waals surface area contributed by atoms with Crippen molar-refractivity contribution >= 4 is 40.6 Å². The Labute approximate surface area is 232 Å². The molecule has 0 spiro atoms. The molecule has 0 aliphatic heterocycles. The molecule has 1 heterocycles. The molecule has 0 atom stereocenters. The molecule has 0 bridgehead atoms. The van der Waals surface area contributed by atoms with E-state index in [0.29, 0.717) is 43.2 Å². The van der Waals surface area contributed by atoms with E-state index < -0.39 is 11.8 Å². The van der Waals surface area contributed by atoms with Crippen molar-refractivity contribution in [3.05, 3.63) is 75.2 Å². The smallest absolute Gasteiger partial charge is 0.322 e. The average Bonchev–Trinajstić information content (AvgIpc) is 3.43. The fraction of sp³-hybridized carbons (Fsp3) is 0.357. The fourth-order valence-corrected chi connectivity index (χ4v) is 4.72. The maximum absolute atomic E-state index is 13.5. The molecule has 3 rings (SSSR count). The van der Waals surface area contributed by atoms with Crippen molar-refractivity contribution in [1.82, 2.24) is 9.80 Å². The molecule has 0 aliphatic rings. The highest BCUT2D eigenvalue weighted by Crippen LogP contribution is 2.28. The molecule has 2 aromatic carbocycles. The van der Waals surface area contributed by atoms with Crippen LogP contribution in [0.2, 0.25) is 5.02 Å². The van der Waals surface area contributed by atoms with Gasteiger partial charge in [0.25, 0.3) is 0 Å². The van der Waals surface area contributed by atoms with Gasteiger partial charge in [-0.2, -0.15) is 0 Å². The minimum atomic E-state index is -0.568. The van der Waals surface area contributed by atoms with Gasteiger partial charge in [0.2, 0.25) is 5.91 Å². The second kappa shape index (κ2) is 14.6. The fourth-order valence-electron chi connectivity index (χ4n) is 3.82. The van der Waals surface area contributed by atoms with E-state index in [0.717, 1.165) is 23.3 Å². The zero-order chi connectivity index (χ0) is 27.5. The molecule has 0 unspecified atom stereocenters. The third-order valence-electron chi connectivity index (χ3n) is 5.96. The summed E-state index contributed by atoms with van der Waals surface area (Å²) in [6, 6.07) is 13.2. The molecule has 7 nitrogen and oxygen atoms in total. The van der Waals surface area contributed by atoms with Crippen molar-refractivity contribution in [3.8, 4) is 11.5 Å². The molecule has 3 amide bonds. The highest BCUT2D eigenvalue weighted by molar-refractivity contribution is 7.09. The molecule has 0 radical (unpaired) electrons. The van der Waals surface area contributed by atoms with Gasteiger partial charge in [0, 0.05) is 23.7 Å². The summed E-state index contributed by atoms with van der Waals surface area (Å²) in [6.07, 6.45) is 2.20. The van der Waals surface area contributed by atoms with Crippen LogP contribution in [0.1, 0.15) is 30.2 Å². The number of thiophene rings is 1. The zero-order valence-electron chi connectivity index (χ0n) is 21.8. The Morgan fingerprint density at radius 3 is 2.47 bits per heavy atom. The molecule has 1 aromatic heterocycles. The molecular formula is C28H33ClFN3O4S. The zero-order valence-corrected chi connectivity index (χ0v) is 23.4. The second-order valence-corrected chi connectivity index (χ2v) is 10.1. The Morgan fingerprint density at radius 1 is 1.03 bits per heavy atom. The van der Waals surface area contributed by atoms with Gasteiger partial charge in [-0.25, -0.2) is 9.18 Å². The van der Waals surface area contributed by atoms with E-state index >= 15 is 0 Å². The van der Waals surface area contributed by atoms with Crippen LogP contribution >= 0.6 is 22.9 Å². The number of carbonyl (C=O) groups excluding carboxylic acids is 2. The van der Waals surface area contributed by atoms with E-state index in [4.69, 9.17) is 21.1 Å². The second-order valence-electron chi connectivity index (χ2n) is 8.67. The molecule has 0 saturated carbocycles. The Kier molecular flexibility index (Phi) is 11.2. The molecule has 0 aliphatic carbocycles. The van der Waals surface area contributed by atoms with Crippen molar-refractivity contribution in [3.63, 3.8) is 0 Å². The van der Waals surface area contributed by atoms with E-state index in [-0.39, 0.29) is 17.5 Å². The number of unbranched alkanes of at least 4 members (excludes halogenated alkanes) is 1. The first-order valence-electron chi connectivity index (χ1n) is 12.4. The molecule has 38 heavy (non-hydrogen) atoms. The van der Waals surface area contributed by atoms with Crippen LogP contribution in [0.3, 0.4) is 0 Å². The number of hydrogen-bond donors (Lipinski definition) is 1. The number of ether oxygens (including phenoxy) is 2. The normalized spacial score (nSPS) is 10.7. The van der Waals surface area contributed by atoms with Crippen molar-refractivity contribution in [2.45, 2.75) is 32.7 Å². The van der Waals surface area contributed by atoms with Crippen molar-refractivity contribution in [1.29, 1.82) is 0 Å². The van der Waals surface area contributed by atoms with Gasteiger partial charge in [-0.3, -0.25) is 4.79 Å². The summed E-state index contributed by atoms with van der Waals surface area (Å²) in [7, 11) is 3.17. The van der Waals surface area contributed by atoms with Gasteiger partial charge < -0.3 is 24.6 Å². The van der Waals surface area contributed by atoms with Crippen molar-refractivity contribution in [2.75, 3.05) is 39.2 Å². The standard InChI is InChI=1S/C28H33ClFN3O4S/c1-4-5-13-33(28(35)31-21-9-10-24(30)23(29)17-21)19-27(34)32(18-22-7-6-15-38-22)14-12-20-8-11-25(36-2)26(16-20)37-3/h6-11,15-17H,4-5,12-14,18-19H2,1-3H3,(H,31,35). The van der Waals surface area contributed by atoms with Gasteiger partial charge in [0.05, 0.1) is 25.8 Å². The first-order valence-corrected chi connectivity index (χ1v) is 13.6. The van der Waals surface area contributed by atoms with E-state index in [1.54, 1.807) is 30.5 Å². The SMILES string of the molecule is CCCCN(CC(=O)N(CCc1ccc(OC)c(OC)c1)Cc1cccs1)C(=O)Nc1ccc(F)c(Cl)c1. The van der Waals surface area contributed by atoms with Crippen LogP contribution in [0.5, 0.6) is 11.5 Å². The summed E-state index contributed by atoms with van der Waals surface area (Å²) in [5.74, 6) is 0.538. The van der Waals surface area contributed by atoms with E-state index in [1.165, 1.54) is 23.1 Å². The highest BCUT2D eigenvalue weighted by Gasteiger charge is 2.22. The summed E-state index contributed by atoms with van der Waals surface area (Å²) >= 11 is 7.44.